The molecule has 1 aliphatic heterocycles. The molecule has 0 aliphatic carbocycles. The molecular formula is C21H24NO2+. The summed E-state index contributed by atoms with van der Waals surface area (Å²) in [5, 5.41) is 0. The molecule has 1 amide bonds. The van der Waals surface area contributed by atoms with Crippen LogP contribution in [-0.4, -0.2) is 29.3 Å². The van der Waals surface area contributed by atoms with Crippen molar-refractivity contribution in [1.82, 2.24) is 0 Å². The van der Waals surface area contributed by atoms with Crippen LogP contribution in [0.3, 0.4) is 0 Å². The van der Waals surface area contributed by atoms with Crippen molar-refractivity contribution in [2.75, 3.05) is 13.1 Å². The Labute approximate surface area is 143 Å². The number of Topliss-reactive ketones (excluding diaryl/α,β-unsaturated/α-hetero) is 1. The van der Waals surface area contributed by atoms with Gasteiger partial charge in [-0.2, -0.15) is 0 Å². The largest absolute Gasteiger partial charge is 0.387 e. The van der Waals surface area contributed by atoms with Crippen LogP contribution in [0.4, 0.5) is 0 Å². The van der Waals surface area contributed by atoms with Crippen LogP contribution >= 0.6 is 0 Å². The summed E-state index contributed by atoms with van der Waals surface area (Å²) < 4.78 is 0.248. The number of rotatable bonds is 4. The number of benzene rings is 2. The molecule has 0 saturated carbocycles. The third-order valence-corrected chi connectivity index (χ3v) is 5.26. The van der Waals surface area contributed by atoms with E-state index in [9.17, 15) is 9.59 Å². The van der Waals surface area contributed by atoms with E-state index in [1.807, 2.05) is 43.3 Å². The van der Waals surface area contributed by atoms with E-state index in [0.717, 1.165) is 31.4 Å². The Morgan fingerprint density at radius 2 is 1.58 bits per heavy atom. The van der Waals surface area contributed by atoms with E-state index in [1.54, 1.807) is 12.1 Å². The first-order valence-corrected chi connectivity index (χ1v) is 8.75. The lowest BCUT2D eigenvalue weighted by atomic mass is 9.90. The van der Waals surface area contributed by atoms with E-state index in [-0.39, 0.29) is 22.2 Å². The Bertz CT molecular complexity index is 711. The highest BCUT2D eigenvalue weighted by molar-refractivity contribution is 6.40. The third-order valence-electron chi connectivity index (χ3n) is 5.26. The number of quaternary nitrogens is 1. The molecule has 3 nitrogen and oxygen atoms in total. The predicted octanol–water partition coefficient (Wildman–Crippen LogP) is 4.16. The fourth-order valence-corrected chi connectivity index (χ4v) is 3.94. The maximum Gasteiger partial charge on any atom is 0.387 e. The molecule has 0 aromatic heterocycles. The highest BCUT2D eigenvalue weighted by Gasteiger charge is 2.48. The molecule has 1 heterocycles. The van der Waals surface area contributed by atoms with Crippen LogP contribution in [0.25, 0.3) is 0 Å². The average Bonchev–Trinajstić information content (AvgIpc) is 2.68. The van der Waals surface area contributed by atoms with Crippen LogP contribution in [0.1, 0.15) is 48.1 Å². The van der Waals surface area contributed by atoms with Crippen LogP contribution in [-0.2, 0) is 4.79 Å². The standard InChI is InChI=1S/C21H24NO2/c1-2-22(21(24)20(23)18-13-7-4-8-14-18)16-10-9-15-19(22)17-11-5-3-6-12-17/h3-8,11-14,19H,2,9-10,15-16H2,1H3/q+1. The molecule has 2 aromatic rings. The number of amides is 1. The van der Waals surface area contributed by atoms with E-state index in [2.05, 4.69) is 12.1 Å². The maximum absolute atomic E-state index is 13.3. The number of piperidine rings is 1. The molecule has 0 bridgehead atoms. The molecule has 0 spiro atoms. The highest BCUT2D eigenvalue weighted by atomic mass is 16.2. The smallest absolute Gasteiger partial charge is 0.278 e. The van der Waals surface area contributed by atoms with Gasteiger partial charge in [-0.05, 0) is 19.8 Å². The van der Waals surface area contributed by atoms with Gasteiger partial charge in [0.1, 0.15) is 6.04 Å². The molecular weight excluding hydrogens is 298 g/mol. The number of hydrogen-bond donors (Lipinski definition) is 0. The molecule has 124 valence electrons. The van der Waals surface area contributed by atoms with Gasteiger partial charge in [-0.1, -0.05) is 60.7 Å². The van der Waals surface area contributed by atoms with Crippen LogP contribution in [0.5, 0.6) is 0 Å². The summed E-state index contributed by atoms with van der Waals surface area (Å²) in [6.07, 6.45) is 3.04. The number of nitrogens with zero attached hydrogens (tertiary/aromatic N) is 1. The predicted molar refractivity (Wildman–Crippen MR) is 94.5 cm³/mol. The summed E-state index contributed by atoms with van der Waals surface area (Å²) in [5.74, 6) is -0.627. The zero-order valence-electron chi connectivity index (χ0n) is 14.2. The first kappa shape index (κ1) is 16.6. The van der Waals surface area contributed by atoms with Crippen molar-refractivity contribution in [3.05, 3.63) is 71.8 Å². The first-order valence-electron chi connectivity index (χ1n) is 8.75. The van der Waals surface area contributed by atoms with Gasteiger partial charge in [0.25, 0.3) is 5.78 Å². The summed E-state index contributed by atoms with van der Waals surface area (Å²) in [6.45, 7) is 3.42. The van der Waals surface area contributed by atoms with Crippen molar-refractivity contribution < 1.29 is 14.1 Å². The van der Waals surface area contributed by atoms with Crippen LogP contribution < -0.4 is 0 Å². The third kappa shape index (κ3) is 2.92. The molecule has 1 fully saturated rings. The number of carbonyl (C=O) groups is 2. The highest BCUT2D eigenvalue weighted by Crippen LogP contribution is 2.38. The lowest BCUT2D eigenvalue weighted by Gasteiger charge is -2.44. The summed E-state index contributed by atoms with van der Waals surface area (Å²) >= 11 is 0. The summed E-state index contributed by atoms with van der Waals surface area (Å²) in [5.41, 5.74) is 1.65. The second-order valence-electron chi connectivity index (χ2n) is 6.50. The van der Waals surface area contributed by atoms with Gasteiger partial charge in [0.2, 0.25) is 0 Å². The van der Waals surface area contributed by atoms with E-state index < -0.39 is 0 Å². The Kier molecular flexibility index (Phi) is 4.91. The Hall–Kier alpha value is -2.26. The SMILES string of the molecule is CC[N+]1(C(=O)C(=O)c2ccccc2)CCCCC1c1ccccc1. The topological polar surface area (TPSA) is 34.1 Å². The fraction of sp³-hybridized carbons (Fsp3) is 0.333. The van der Waals surface area contributed by atoms with Gasteiger partial charge in [-0.25, -0.2) is 9.28 Å². The van der Waals surface area contributed by atoms with Gasteiger partial charge in [0.15, 0.2) is 0 Å². The number of likely N-dealkylation sites (tertiary alicyclic amines) is 1. The minimum Gasteiger partial charge on any atom is -0.278 e. The normalized spacial score (nSPS) is 23.6. The maximum atomic E-state index is 13.3. The van der Waals surface area contributed by atoms with E-state index in [4.69, 9.17) is 0 Å². The second kappa shape index (κ2) is 7.10. The van der Waals surface area contributed by atoms with Gasteiger partial charge in [0, 0.05) is 17.5 Å². The molecule has 1 saturated heterocycles. The second-order valence-corrected chi connectivity index (χ2v) is 6.50. The van der Waals surface area contributed by atoms with E-state index >= 15 is 0 Å². The lowest BCUT2D eigenvalue weighted by molar-refractivity contribution is -0.886. The van der Waals surface area contributed by atoms with Crippen LogP contribution in [0.15, 0.2) is 60.7 Å². The first-order chi connectivity index (χ1) is 11.7. The van der Waals surface area contributed by atoms with Crippen molar-refractivity contribution >= 4 is 11.7 Å². The molecule has 24 heavy (non-hydrogen) atoms. The Morgan fingerprint density at radius 3 is 2.21 bits per heavy atom. The van der Waals surface area contributed by atoms with Crippen molar-refractivity contribution in [2.24, 2.45) is 0 Å². The molecule has 2 unspecified atom stereocenters. The van der Waals surface area contributed by atoms with Crippen LogP contribution in [0, 0.1) is 0 Å². The molecule has 1 aliphatic rings. The van der Waals surface area contributed by atoms with E-state index in [0.29, 0.717) is 12.1 Å². The fourth-order valence-electron chi connectivity index (χ4n) is 3.94. The van der Waals surface area contributed by atoms with Gasteiger partial charge < -0.3 is 0 Å². The molecule has 0 N–H and O–H groups in total. The van der Waals surface area contributed by atoms with Gasteiger partial charge >= 0.3 is 5.91 Å². The Morgan fingerprint density at radius 1 is 0.958 bits per heavy atom. The number of likely N-dealkylation sites (N-methyl/N-ethyl adjacent to an activating group) is 1. The average molecular weight is 322 g/mol. The summed E-state index contributed by atoms with van der Waals surface area (Å²) in [4.78, 5) is 26.1. The molecule has 2 atom stereocenters. The van der Waals surface area contributed by atoms with Crippen LogP contribution in [0.2, 0.25) is 0 Å². The molecule has 3 heteroatoms. The van der Waals surface area contributed by atoms with Gasteiger partial charge in [0.05, 0.1) is 13.1 Å². The van der Waals surface area contributed by atoms with Gasteiger partial charge in [-0.15, -0.1) is 0 Å². The summed E-state index contributed by atoms with van der Waals surface area (Å²) in [7, 11) is 0. The zero-order chi connectivity index (χ0) is 17.0. The quantitative estimate of drug-likeness (QED) is 0.481. The molecule has 3 rings (SSSR count). The number of ketones is 1. The zero-order valence-corrected chi connectivity index (χ0v) is 14.2. The molecule has 2 aromatic carbocycles. The Balaban J connectivity index is 1.99. The number of carbonyl (C=O) groups excluding carboxylic acids is 2. The van der Waals surface area contributed by atoms with Crippen molar-refractivity contribution in [1.29, 1.82) is 0 Å². The lowest BCUT2D eigenvalue weighted by Crippen LogP contribution is -2.59. The monoisotopic (exact) mass is 322 g/mol. The minimum absolute atomic E-state index is 0.0742. The van der Waals surface area contributed by atoms with Crippen molar-refractivity contribution in [3.63, 3.8) is 0 Å². The number of hydrogen-bond acceptors (Lipinski definition) is 2. The minimum atomic E-state index is -0.361. The molecule has 0 radical (unpaired) electrons. The van der Waals surface area contributed by atoms with Gasteiger partial charge in [-0.3, -0.25) is 4.79 Å². The van der Waals surface area contributed by atoms with E-state index in [1.165, 1.54) is 0 Å². The van der Waals surface area contributed by atoms with Crippen molar-refractivity contribution in [3.8, 4) is 0 Å². The van der Waals surface area contributed by atoms with Crippen molar-refractivity contribution in [2.45, 2.75) is 32.2 Å². The summed E-state index contributed by atoms with van der Waals surface area (Å²) in [6, 6.07) is 19.2.